The number of amides is 2. The predicted octanol–water partition coefficient (Wildman–Crippen LogP) is 2.85. The van der Waals surface area contributed by atoms with Crippen molar-refractivity contribution in [1.82, 2.24) is 25.2 Å². The third-order valence-electron chi connectivity index (χ3n) is 5.81. The summed E-state index contributed by atoms with van der Waals surface area (Å²) < 4.78 is 44.5. The smallest absolute Gasteiger partial charge is 0.419 e. The first-order chi connectivity index (χ1) is 15.8. The summed E-state index contributed by atoms with van der Waals surface area (Å²) in [4.78, 5) is 28.6. The van der Waals surface area contributed by atoms with Crippen molar-refractivity contribution in [3.63, 3.8) is 0 Å². The minimum atomic E-state index is -4.57. The topological polar surface area (TPSA) is 91.4 Å². The van der Waals surface area contributed by atoms with Gasteiger partial charge in [-0.15, -0.1) is 5.10 Å². The van der Waals surface area contributed by atoms with E-state index >= 15 is 0 Å². The van der Waals surface area contributed by atoms with Crippen LogP contribution in [0.15, 0.2) is 54.2 Å². The van der Waals surface area contributed by atoms with E-state index in [4.69, 9.17) is 4.74 Å². The number of carbonyl (C=O) groups excluding carboxylic acids is 2. The fourth-order valence-electron chi connectivity index (χ4n) is 4.14. The first-order valence-electron chi connectivity index (χ1n) is 10.2. The van der Waals surface area contributed by atoms with Gasteiger partial charge in [0.1, 0.15) is 11.3 Å². The van der Waals surface area contributed by atoms with Gasteiger partial charge in [-0.05, 0) is 35.9 Å². The van der Waals surface area contributed by atoms with Crippen LogP contribution in [-0.4, -0.2) is 63.3 Å². The Bertz CT molecular complexity index is 1270. The van der Waals surface area contributed by atoms with Gasteiger partial charge >= 0.3 is 6.18 Å². The molecule has 1 atom stereocenters. The van der Waals surface area contributed by atoms with Crippen LogP contribution in [0.1, 0.15) is 15.9 Å². The van der Waals surface area contributed by atoms with E-state index in [9.17, 15) is 22.8 Å². The van der Waals surface area contributed by atoms with E-state index in [0.717, 1.165) is 17.2 Å². The van der Waals surface area contributed by atoms with Crippen molar-refractivity contribution in [1.29, 1.82) is 0 Å². The van der Waals surface area contributed by atoms with E-state index in [1.165, 1.54) is 23.1 Å². The zero-order valence-electron chi connectivity index (χ0n) is 17.2. The molecule has 3 aromatic rings. The second-order valence-corrected chi connectivity index (χ2v) is 7.96. The van der Waals surface area contributed by atoms with Crippen LogP contribution in [0.3, 0.4) is 0 Å². The quantitative estimate of drug-likeness (QED) is 0.651. The van der Waals surface area contributed by atoms with Gasteiger partial charge in [-0.3, -0.25) is 14.7 Å². The van der Waals surface area contributed by atoms with Crippen molar-refractivity contribution in [2.75, 3.05) is 26.2 Å². The molecule has 3 heterocycles. The number of fused-ring (bicyclic) bond motifs is 2. The Balaban J connectivity index is 1.21. The lowest BCUT2D eigenvalue weighted by atomic mass is 10.1. The number of aromatic amines is 1. The summed E-state index contributed by atoms with van der Waals surface area (Å²) in [5.74, 6) is -0.975. The zero-order valence-corrected chi connectivity index (χ0v) is 17.2. The van der Waals surface area contributed by atoms with Gasteiger partial charge in [0.25, 0.3) is 11.8 Å². The molecule has 0 saturated carbocycles. The van der Waals surface area contributed by atoms with Crippen LogP contribution in [0.2, 0.25) is 0 Å². The van der Waals surface area contributed by atoms with E-state index in [2.05, 4.69) is 15.4 Å². The third kappa shape index (κ3) is 4.01. The van der Waals surface area contributed by atoms with Crippen LogP contribution in [0.25, 0.3) is 11.0 Å². The summed E-state index contributed by atoms with van der Waals surface area (Å²) in [5, 5.41) is 10.4. The molecule has 170 valence electrons. The van der Waals surface area contributed by atoms with Crippen molar-refractivity contribution >= 4 is 22.8 Å². The molecule has 2 aliphatic rings. The highest BCUT2D eigenvalue weighted by Crippen LogP contribution is 2.36. The number of H-pyrrole nitrogens is 1. The van der Waals surface area contributed by atoms with Gasteiger partial charge in [-0.2, -0.15) is 13.2 Å². The van der Waals surface area contributed by atoms with Crippen molar-refractivity contribution in [2.45, 2.75) is 6.18 Å². The Kier molecular flexibility index (Phi) is 5.03. The molecular formula is C22H18F3N5O3. The van der Waals surface area contributed by atoms with Crippen LogP contribution in [0.5, 0.6) is 5.75 Å². The normalized spacial score (nSPS) is 17.9. The van der Waals surface area contributed by atoms with E-state index in [-0.39, 0.29) is 17.6 Å². The molecule has 1 fully saturated rings. The summed E-state index contributed by atoms with van der Waals surface area (Å²) in [7, 11) is 0. The number of para-hydroxylation sites is 1. The Morgan fingerprint density at radius 3 is 2.76 bits per heavy atom. The van der Waals surface area contributed by atoms with Crippen LogP contribution in [0.4, 0.5) is 13.2 Å². The molecule has 1 N–H and O–H groups in total. The number of carbonyl (C=O) groups is 2. The largest absolute Gasteiger partial charge is 0.483 e. The van der Waals surface area contributed by atoms with E-state index in [1.807, 2.05) is 0 Å². The number of hydrogen-bond donors (Lipinski definition) is 1. The number of alkyl halides is 3. The molecule has 0 radical (unpaired) electrons. The number of nitrogens with zero attached hydrogens (tertiary/aromatic N) is 4. The first kappa shape index (κ1) is 21.0. The summed E-state index contributed by atoms with van der Waals surface area (Å²) in [6.07, 6.45) is -2.82. The highest BCUT2D eigenvalue weighted by atomic mass is 19.4. The van der Waals surface area contributed by atoms with Crippen molar-refractivity contribution in [2.24, 2.45) is 5.92 Å². The molecule has 33 heavy (non-hydrogen) atoms. The summed E-state index contributed by atoms with van der Waals surface area (Å²) in [6, 6.07) is 9.90. The van der Waals surface area contributed by atoms with Crippen LogP contribution < -0.4 is 4.74 Å². The molecule has 0 spiro atoms. The van der Waals surface area contributed by atoms with Gasteiger partial charge in [0.05, 0.1) is 11.1 Å². The summed E-state index contributed by atoms with van der Waals surface area (Å²) in [6.45, 7) is 0.612. The number of aromatic nitrogens is 3. The minimum absolute atomic E-state index is 0.0175. The van der Waals surface area contributed by atoms with E-state index in [1.54, 1.807) is 29.3 Å². The first-order valence-corrected chi connectivity index (χ1v) is 10.2. The van der Waals surface area contributed by atoms with Crippen molar-refractivity contribution < 1.29 is 27.5 Å². The van der Waals surface area contributed by atoms with E-state index < -0.39 is 24.3 Å². The van der Waals surface area contributed by atoms with Crippen LogP contribution in [0, 0.1) is 5.92 Å². The second-order valence-electron chi connectivity index (χ2n) is 7.96. The maximum Gasteiger partial charge on any atom is 0.419 e. The van der Waals surface area contributed by atoms with Crippen LogP contribution in [-0.2, 0) is 11.0 Å². The molecule has 0 unspecified atom stereocenters. The molecule has 0 bridgehead atoms. The molecule has 2 aromatic carbocycles. The highest BCUT2D eigenvalue weighted by Gasteiger charge is 2.38. The molecular weight excluding hydrogens is 439 g/mol. The van der Waals surface area contributed by atoms with Crippen molar-refractivity contribution in [3.05, 3.63) is 65.4 Å². The third-order valence-corrected chi connectivity index (χ3v) is 5.81. The van der Waals surface area contributed by atoms with Gasteiger partial charge in [-0.25, -0.2) is 0 Å². The number of halogens is 3. The lowest BCUT2D eigenvalue weighted by Gasteiger charge is -2.20. The average molecular weight is 457 g/mol. The van der Waals surface area contributed by atoms with E-state index in [0.29, 0.717) is 30.7 Å². The number of hydrogen-bond acceptors (Lipinski definition) is 5. The van der Waals surface area contributed by atoms with Crippen LogP contribution >= 0.6 is 0 Å². The fraction of sp³-hybridized carbons (Fsp3) is 0.273. The van der Waals surface area contributed by atoms with Gasteiger partial charge in [0.2, 0.25) is 0 Å². The predicted molar refractivity (Wildman–Crippen MR) is 110 cm³/mol. The highest BCUT2D eigenvalue weighted by molar-refractivity contribution is 5.98. The molecule has 1 aromatic heterocycles. The molecule has 0 aliphatic carbocycles. The standard InChI is InChI=1S/C22H18F3N5O3/c23-22(24,25)16-3-1-2-4-19(16)33-12-20(31)29-8-14-10-30(11-15(14)9-29)21(32)13-5-6-17-18(7-13)27-28-26-17/h1-7,10,15H,8-9,11-12H2,(H,26,27,28)/t15-/m0/s1. The maximum absolute atomic E-state index is 13.1. The molecule has 8 nitrogen and oxygen atoms in total. The summed E-state index contributed by atoms with van der Waals surface area (Å²) in [5.41, 5.74) is 1.82. The number of ether oxygens (including phenoxy) is 1. The molecule has 2 amide bonds. The maximum atomic E-state index is 13.1. The minimum Gasteiger partial charge on any atom is -0.483 e. The number of rotatable bonds is 4. The number of benzene rings is 2. The monoisotopic (exact) mass is 457 g/mol. The van der Waals surface area contributed by atoms with Gasteiger partial charge in [-0.1, -0.05) is 17.3 Å². The molecule has 1 saturated heterocycles. The Labute approximate surface area is 185 Å². The Morgan fingerprint density at radius 2 is 1.97 bits per heavy atom. The zero-order chi connectivity index (χ0) is 23.2. The lowest BCUT2D eigenvalue weighted by molar-refractivity contribution is -0.140. The lowest BCUT2D eigenvalue weighted by Crippen LogP contribution is -2.35. The summed E-state index contributed by atoms with van der Waals surface area (Å²) >= 11 is 0. The molecule has 2 aliphatic heterocycles. The fourth-order valence-corrected chi connectivity index (χ4v) is 4.14. The molecule has 5 rings (SSSR count). The second kappa shape index (κ2) is 7.91. The van der Waals surface area contributed by atoms with Gasteiger partial charge < -0.3 is 14.5 Å². The Morgan fingerprint density at radius 1 is 1.15 bits per heavy atom. The Hall–Kier alpha value is -3.89. The average Bonchev–Trinajstić information content (AvgIpc) is 3.50. The van der Waals surface area contributed by atoms with Gasteiger partial charge in [0, 0.05) is 37.3 Å². The van der Waals surface area contributed by atoms with Gasteiger partial charge in [0.15, 0.2) is 6.61 Å². The SMILES string of the molecule is O=C(c1ccc2[nH]nnc2c1)N1C=C2CN(C(=O)COc3ccccc3C(F)(F)F)C[C@H]2C1. The number of likely N-dealkylation sites (tertiary alicyclic amines) is 1. The number of nitrogens with one attached hydrogen (secondary N) is 1. The van der Waals surface area contributed by atoms with Crippen molar-refractivity contribution in [3.8, 4) is 5.75 Å². The molecule has 11 heteroatoms.